The number of aliphatic hydroxyl groups is 1. The first-order chi connectivity index (χ1) is 12.8. The zero-order valence-electron chi connectivity index (χ0n) is 15.8. The van der Waals surface area contributed by atoms with Crippen LogP contribution in [0.2, 0.25) is 0 Å². The Bertz CT molecular complexity index is 784. The van der Waals surface area contributed by atoms with Gasteiger partial charge in [0.05, 0.1) is 17.0 Å². The van der Waals surface area contributed by atoms with E-state index in [-0.39, 0.29) is 19.4 Å². The van der Waals surface area contributed by atoms with Gasteiger partial charge >= 0.3 is 0 Å². The maximum atomic E-state index is 12.4. The smallest absolute Gasteiger partial charge is 0.255 e. The van der Waals surface area contributed by atoms with Gasteiger partial charge in [-0.3, -0.25) is 9.69 Å². The summed E-state index contributed by atoms with van der Waals surface area (Å²) in [5.41, 5.74) is 6.83. The van der Waals surface area contributed by atoms with Crippen LogP contribution in [-0.4, -0.2) is 47.3 Å². The van der Waals surface area contributed by atoms with Crippen molar-refractivity contribution in [3.8, 4) is 5.75 Å². The second kappa shape index (κ2) is 9.08. The van der Waals surface area contributed by atoms with Gasteiger partial charge in [0.25, 0.3) is 5.91 Å². The average molecular weight is 386 g/mol. The molecule has 1 atom stereocenters. The molecule has 1 heterocycles. The summed E-state index contributed by atoms with van der Waals surface area (Å²) in [5, 5.41) is 12.7. The third-order valence-electron chi connectivity index (χ3n) is 4.47. The average Bonchev–Trinajstić information content (AvgIpc) is 3.02. The van der Waals surface area contributed by atoms with Gasteiger partial charge < -0.3 is 20.9 Å². The lowest BCUT2D eigenvalue weighted by atomic mass is 10.1. The van der Waals surface area contributed by atoms with Crippen molar-refractivity contribution in [2.45, 2.75) is 39.4 Å². The summed E-state index contributed by atoms with van der Waals surface area (Å²) in [7, 11) is 0. The molecule has 0 aromatic heterocycles. The number of carbonyl (C=O) groups is 1. The van der Waals surface area contributed by atoms with E-state index in [0.29, 0.717) is 23.5 Å². The van der Waals surface area contributed by atoms with Gasteiger partial charge in [-0.05, 0) is 56.7 Å². The van der Waals surface area contributed by atoms with Crippen LogP contribution in [0.1, 0.15) is 38.1 Å². The number of ether oxygens (including phenoxy) is 1. The molecule has 2 aromatic rings. The predicted molar refractivity (Wildman–Crippen MR) is 114 cm³/mol. The molecule has 1 aliphatic heterocycles. The van der Waals surface area contributed by atoms with Crippen LogP contribution in [0, 0.1) is 0 Å². The van der Waals surface area contributed by atoms with Crippen molar-refractivity contribution < 1.29 is 14.6 Å². The minimum absolute atomic E-state index is 0. The summed E-state index contributed by atoms with van der Waals surface area (Å²) < 4.78 is 6.02. The van der Waals surface area contributed by atoms with Crippen molar-refractivity contribution in [3.05, 3.63) is 54.1 Å². The number of likely N-dealkylation sites (tertiary alicyclic amines) is 1. The summed E-state index contributed by atoms with van der Waals surface area (Å²) in [6.45, 7) is 5.96. The van der Waals surface area contributed by atoms with Gasteiger partial charge in [-0.1, -0.05) is 19.6 Å². The van der Waals surface area contributed by atoms with Gasteiger partial charge in [0.15, 0.2) is 0 Å². The summed E-state index contributed by atoms with van der Waals surface area (Å²) in [6, 6.07) is 14.3. The lowest BCUT2D eigenvalue weighted by molar-refractivity contribution is 0.0407. The number of hydrogen-bond acceptors (Lipinski definition) is 5. The molecular weight excluding hydrogens is 354 g/mol. The van der Waals surface area contributed by atoms with Crippen LogP contribution >= 0.6 is 0 Å². The van der Waals surface area contributed by atoms with Crippen molar-refractivity contribution in [3.63, 3.8) is 0 Å². The minimum atomic E-state index is -0.702. The monoisotopic (exact) mass is 385 g/mol. The lowest BCUT2D eigenvalue weighted by Gasteiger charge is -2.25. The number of β-amino-alcohol motifs (C(OH)–C–C–N with tert-alkyl or cyclic N) is 1. The highest BCUT2D eigenvalue weighted by atomic mass is 16.5. The van der Waals surface area contributed by atoms with Crippen molar-refractivity contribution >= 4 is 17.3 Å². The summed E-state index contributed by atoms with van der Waals surface area (Å²) in [6.07, 6.45) is 1.02. The number of anilines is 2. The Kier molecular flexibility index (Phi) is 7.05. The Labute approximate surface area is 167 Å². The van der Waals surface area contributed by atoms with Gasteiger partial charge in [-0.2, -0.15) is 0 Å². The van der Waals surface area contributed by atoms with Crippen LogP contribution < -0.4 is 15.8 Å². The van der Waals surface area contributed by atoms with Crippen molar-refractivity contribution in [1.82, 2.24) is 4.90 Å². The van der Waals surface area contributed by atoms with E-state index in [9.17, 15) is 9.90 Å². The second-order valence-corrected chi connectivity index (χ2v) is 7.64. The maximum absolute atomic E-state index is 12.4. The Balaban J connectivity index is 0.00000280. The van der Waals surface area contributed by atoms with Crippen LogP contribution in [0.5, 0.6) is 5.75 Å². The Hall–Kier alpha value is -2.57. The number of amides is 1. The highest BCUT2D eigenvalue weighted by Gasteiger charge is 2.27. The van der Waals surface area contributed by atoms with Gasteiger partial charge in [0, 0.05) is 25.2 Å². The molecule has 0 aliphatic carbocycles. The predicted octanol–water partition coefficient (Wildman–Crippen LogP) is 3.38. The van der Waals surface area contributed by atoms with E-state index in [1.807, 2.05) is 38.1 Å². The van der Waals surface area contributed by atoms with Crippen LogP contribution in [0.3, 0.4) is 0 Å². The van der Waals surface area contributed by atoms with Gasteiger partial charge in [0.2, 0.25) is 0 Å². The summed E-state index contributed by atoms with van der Waals surface area (Å²) in [4.78, 5) is 14.6. The zero-order chi connectivity index (χ0) is 19.4. The first-order valence-electron chi connectivity index (χ1n) is 9.17. The number of benzene rings is 2. The Morgan fingerprint density at radius 3 is 2.57 bits per heavy atom. The molecule has 0 radical (unpaired) electrons. The molecular formula is C22H31N3O3. The van der Waals surface area contributed by atoms with Crippen LogP contribution in [-0.2, 0) is 0 Å². The minimum Gasteiger partial charge on any atom is -0.489 e. The Morgan fingerprint density at radius 2 is 1.93 bits per heavy atom. The van der Waals surface area contributed by atoms with E-state index in [2.05, 4.69) is 10.2 Å². The number of carbonyl (C=O) groups excluding carboxylic acids is 1. The molecule has 6 heteroatoms. The van der Waals surface area contributed by atoms with E-state index < -0.39 is 5.60 Å². The first-order valence-corrected chi connectivity index (χ1v) is 9.17. The number of nitrogens with one attached hydrogen (secondary N) is 1. The third kappa shape index (κ3) is 5.97. The van der Waals surface area contributed by atoms with E-state index in [0.717, 1.165) is 25.3 Å². The van der Waals surface area contributed by atoms with Gasteiger partial charge in [-0.25, -0.2) is 0 Å². The molecule has 152 valence electrons. The van der Waals surface area contributed by atoms with Crippen molar-refractivity contribution in [1.29, 1.82) is 0 Å². The van der Waals surface area contributed by atoms with Gasteiger partial charge in [0.1, 0.15) is 11.9 Å². The van der Waals surface area contributed by atoms with E-state index in [1.54, 1.807) is 24.3 Å². The Morgan fingerprint density at radius 1 is 1.25 bits per heavy atom. The fourth-order valence-electron chi connectivity index (χ4n) is 3.27. The zero-order valence-corrected chi connectivity index (χ0v) is 15.8. The van der Waals surface area contributed by atoms with E-state index >= 15 is 0 Å². The molecule has 1 saturated heterocycles. The lowest BCUT2D eigenvalue weighted by Crippen LogP contribution is -2.38. The molecule has 1 fully saturated rings. The van der Waals surface area contributed by atoms with E-state index in [1.165, 1.54) is 0 Å². The van der Waals surface area contributed by atoms with Crippen molar-refractivity contribution in [2.24, 2.45) is 0 Å². The normalized spacial score (nSPS) is 17.0. The second-order valence-electron chi connectivity index (χ2n) is 7.64. The number of hydrogen-bond donors (Lipinski definition) is 3. The number of nitrogen functional groups attached to an aromatic ring is 1. The number of nitrogens with zero attached hydrogens (tertiary/aromatic N) is 1. The number of nitrogens with two attached hydrogens (primary N) is 1. The molecule has 2 aromatic carbocycles. The fraction of sp³-hybridized carbons (Fsp3) is 0.409. The highest BCUT2D eigenvalue weighted by Crippen LogP contribution is 2.22. The molecule has 1 aliphatic rings. The van der Waals surface area contributed by atoms with E-state index in [4.69, 9.17) is 10.5 Å². The number of rotatable bonds is 6. The topological polar surface area (TPSA) is 87.8 Å². The molecule has 3 rings (SSSR count). The molecule has 4 N–H and O–H groups in total. The summed E-state index contributed by atoms with van der Waals surface area (Å²) in [5.74, 6) is 0.526. The molecule has 6 nitrogen and oxygen atoms in total. The molecule has 1 amide bonds. The molecule has 0 spiro atoms. The highest BCUT2D eigenvalue weighted by molar-refractivity contribution is 6.05. The summed E-state index contributed by atoms with van der Waals surface area (Å²) >= 11 is 0. The molecule has 28 heavy (non-hydrogen) atoms. The SMILES string of the molecule is C.CC(C)(O)CN1CC[C@@H](Oc2ccc(C(=O)Nc3ccccc3N)cc2)C1. The molecule has 0 bridgehead atoms. The quantitative estimate of drug-likeness (QED) is 0.664. The van der Waals surface area contributed by atoms with Gasteiger partial charge in [-0.15, -0.1) is 0 Å². The standard InChI is InChI=1S/C21H27N3O3.CH4/c1-21(2,26)14-24-12-11-17(13-24)27-16-9-7-15(8-10-16)20(25)23-19-6-4-3-5-18(19)22;/h3-10,17,26H,11-14,22H2,1-2H3,(H,23,25);1H4/t17-;/m1./s1. The fourth-order valence-corrected chi connectivity index (χ4v) is 3.27. The van der Waals surface area contributed by atoms with Crippen molar-refractivity contribution in [2.75, 3.05) is 30.7 Å². The molecule has 0 unspecified atom stereocenters. The van der Waals surface area contributed by atoms with Crippen LogP contribution in [0.25, 0.3) is 0 Å². The maximum Gasteiger partial charge on any atom is 0.255 e. The third-order valence-corrected chi connectivity index (χ3v) is 4.47. The largest absolute Gasteiger partial charge is 0.489 e. The number of para-hydroxylation sites is 2. The first kappa shape index (κ1) is 21.7. The van der Waals surface area contributed by atoms with Crippen LogP contribution in [0.4, 0.5) is 11.4 Å². The molecule has 0 saturated carbocycles. The van der Waals surface area contributed by atoms with Crippen LogP contribution in [0.15, 0.2) is 48.5 Å².